The number of carbonyl (C=O) groups is 3. The Hall–Kier alpha value is -1.59. The van der Waals surface area contributed by atoms with Crippen molar-refractivity contribution < 1.29 is 24.6 Å². The number of rotatable bonds is 5. The smallest absolute Gasteiger partial charge is 0.164 e. The molecule has 0 heterocycles. The van der Waals surface area contributed by atoms with Crippen LogP contribution in [0.4, 0.5) is 0 Å². The van der Waals surface area contributed by atoms with E-state index in [0.717, 1.165) is 24.8 Å². The molecule has 4 aliphatic carbocycles. The van der Waals surface area contributed by atoms with Crippen LogP contribution in [0.5, 0.6) is 0 Å². The number of hydrogen-bond donors (Lipinski definition) is 2. The largest absolute Gasteiger partial charge is 0.387 e. The van der Waals surface area contributed by atoms with Crippen LogP contribution in [0.25, 0.3) is 0 Å². The Labute approximate surface area is 210 Å². The first-order valence-electron chi connectivity index (χ1n) is 13.3. The number of allylic oxidation sites excluding steroid dienone is 4. The van der Waals surface area contributed by atoms with Crippen molar-refractivity contribution in [3.05, 3.63) is 23.3 Å². The highest BCUT2D eigenvalue weighted by molar-refractivity contribution is 6.02. The Morgan fingerprint density at radius 1 is 1.14 bits per heavy atom. The first kappa shape index (κ1) is 26.5. The molecular formula is C30H44O5. The summed E-state index contributed by atoms with van der Waals surface area (Å²) < 4.78 is 0. The molecule has 2 saturated carbocycles. The van der Waals surface area contributed by atoms with E-state index in [0.29, 0.717) is 30.1 Å². The van der Waals surface area contributed by atoms with Gasteiger partial charge in [-0.15, -0.1) is 0 Å². The number of ketones is 3. The van der Waals surface area contributed by atoms with E-state index in [2.05, 4.69) is 46.8 Å². The molecule has 0 radical (unpaired) electrons. The van der Waals surface area contributed by atoms with Gasteiger partial charge in [0.1, 0.15) is 11.9 Å². The molecule has 0 aromatic carbocycles. The lowest BCUT2D eigenvalue weighted by Gasteiger charge is -2.66. The molecule has 5 heteroatoms. The molecule has 194 valence electrons. The Balaban J connectivity index is 1.73. The Morgan fingerprint density at radius 2 is 1.77 bits per heavy atom. The monoisotopic (exact) mass is 484 g/mol. The summed E-state index contributed by atoms with van der Waals surface area (Å²) in [5.41, 5.74) is -0.529. The average molecular weight is 485 g/mol. The Bertz CT molecular complexity index is 1030. The quantitative estimate of drug-likeness (QED) is 0.574. The molecule has 2 N–H and O–H groups in total. The molecule has 4 aliphatic rings. The maximum absolute atomic E-state index is 13.5. The second-order valence-corrected chi connectivity index (χ2v) is 13.9. The SMILES string of the molecule is C[C@H](CC(=O)[C@H](O)C(C)(C)O)C1=C2C=C[C@H]3[C@@]4(C)CCC(=O)C(C)(C)[C@@H]4CC[C@]3(C)[C@@]2(C)CC1=O. The van der Waals surface area contributed by atoms with Crippen molar-refractivity contribution in [3.8, 4) is 0 Å². The number of carbonyl (C=O) groups excluding carboxylic acids is 3. The second-order valence-electron chi connectivity index (χ2n) is 13.9. The summed E-state index contributed by atoms with van der Waals surface area (Å²) in [4.78, 5) is 39.0. The highest BCUT2D eigenvalue weighted by Crippen LogP contribution is 2.72. The number of Topliss-reactive ketones (excluding diaryl/α,β-unsaturated/α-hetero) is 3. The Kier molecular flexibility index (Phi) is 6.01. The molecule has 0 bridgehead atoms. The fourth-order valence-electron chi connectivity index (χ4n) is 8.72. The van der Waals surface area contributed by atoms with E-state index >= 15 is 0 Å². The molecule has 35 heavy (non-hydrogen) atoms. The van der Waals surface area contributed by atoms with E-state index in [-0.39, 0.29) is 45.7 Å². The van der Waals surface area contributed by atoms with E-state index in [1.807, 2.05) is 6.92 Å². The van der Waals surface area contributed by atoms with Crippen LogP contribution in [-0.2, 0) is 14.4 Å². The first-order valence-corrected chi connectivity index (χ1v) is 13.3. The average Bonchev–Trinajstić information content (AvgIpc) is 3.00. The van der Waals surface area contributed by atoms with Crippen molar-refractivity contribution in [3.63, 3.8) is 0 Å². The summed E-state index contributed by atoms with van der Waals surface area (Å²) in [6.45, 7) is 15.9. The van der Waals surface area contributed by atoms with Crippen LogP contribution in [0.3, 0.4) is 0 Å². The minimum absolute atomic E-state index is 0.000346. The lowest BCUT2D eigenvalue weighted by atomic mass is 9.37. The van der Waals surface area contributed by atoms with Crippen LogP contribution < -0.4 is 0 Å². The number of fused-ring (bicyclic) bond motifs is 5. The molecule has 0 aromatic heterocycles. The van der Waals surface area contributed by atoms with Crippen molar-refractivity contribution in [2.24, 2.45) is 39.4 Å². The standard InChI is InChI=1S/C30H44O5/c1-17(15-19(31)25(34)27(4,5)35)24-18-9-10-22-28(6)13-12-23(33)26(2,3)21(28)11-14-29(22,7)30(18,8)16-20(24)32/h9-10,17,21-22,25,34-35H,11-16H2,1-8H3/t17-,21+,22+,25+,28+,29+,30+/m1/s1. The molecule has 0 amide bonds. The number of hydrogen-bond acceptors (Lipinski definition) is 5. The first-order chi connectivity index (χ1) is 15.9. The molecule has 7 atom stereocenters. The van der Waals surface area contributed by atoms with Crippen LogP contribution in [-0.4, -0.2) is 39.3 Å². The van der Waals surface area contributed by atoms with E-state index < -0.39 is 17.5 Å². The molecule has 2 fully saturated rings. The lowest BCUT2D eigenvalue weighted by Crippen LogP contribution is -2.61. The van der Waals surface area contributed by atoms with Gasteiger partial charge in [0.25, 0.3) is 0 Å². The maximum atomic E-state index is 13.5. The van der Waals surface area contributed by atoms with Crippen LogP contribution >= 0.6 is 0 Å². The van der Waals surface area contributed by atoms with Gasteiger partial charge >= 0.3 is 0 Å². The van der Waals surface area contributed by atoms with Gasteiger partial charge in [0.2, 0.25) is 0 Å². The van der Waals surface area contributed by atoms with Gasteiger partial charge < -0.3 is 10.2 Å². The van der Waals surface area contributed by atoms with Crippen molar-refractivity contribution in [1.29, 1.82) is 0 Å². The summed E-state index contributed by atoms with van der Waals surface area (Å²) in [6.07, 6.45) is 6.90. The molecule has 5 nitrogen and oxygen atoms in total. The van der Waals surface area contributed by atoms with E-state index in [4.69, 9.17) is 0 Å². The third kappa shape index (κ3) is 3.59. The fraction of sp³-hybridized carbons (Fsp3) is 0.767. The number of aliphatic hydroxyl groups is 2. The fourth-order valence-corrected chi connectivity index (χ4v) is 8.72. The van der Waals surface area contributed by atoms with Crippen molar-refractivity contribution in [1.82, 2.24) is 0 Å². The van der Waals surface area contributed by atoms with E-state index in [9.17, 15) is 24.6 Å². The van der Waals surface area contributed by atoms with E-state index in [1.54, 1.807) is 0 Å². The van der Waals surface area contributed by atoms with Gasteiger partial charge in [0.15, 0.2) is 11.6 Å². The minimum atomic E-state index is -1.52. The second kappa shape index (κ2) is 7.95. The highest BCUT2D eigenvalue weighted by atomic mass is 16.3. The van der Waals surface area contributed by atoms with Crippen LogP contribution in [0.15, 0.2) is 23.3 Å². The lowest BCUT2D eigenvalue weighted by molar-refractivity contribution is -0.165. The zero-order valence-electron chi connectivity index (χ0n) is 22.8. The molecule has 0 spiro atoms. The maximum Gasteiger partial charge on any atom is 0.164 e. The highest BCUT2D eigenvalue weighted by Gasteiger charge is 2.66. The molecule has 0 saturated heterocycles. The Morgan fingerprint density at radius 3 is 2.37 bits per heavy atom. The zero-order valence-corrected chi connectivity index (χ0v) is 22.8. The third-order valence-electron chi connectivity index (χ3n) is 11.0. The molecular weight excluding hydrogens is 440 g/mol. The summed E-state index contributed by atoms with van der Waals surface area (Å²) in [5, 5.41) is 20.3. The van der Waals surface area contributed by atoms with Crippen LogP contribution in [0.1, 0.15) is 93.9 Å². The van der Waals surface area contributed by atoms with Gasteiger partial charge in [-0.1, -0.05) is 53.7 Å². The molecule has 4 rings (SSSR count). The van der Waals surface area contributed by atoms with Gasteiger partial charge in [-0.25, -0.2) is 0 Å². The normalized spacial score (nSPS) is 40.2. The topological polar surface area (TPSA) is 91.7 Å². The summed E-state index contributed by atoms with van der Waals surface area (Å²) in [6, 6.07) is 0. The summed E-state index contributed by atoms with van der Waals surface area (Å²) in [7, 11) is 0. The van der Waals surface area contributed by atoms with Gasteiger partial charge in [-0.05, 0) is 67.3 Å². The van der Waals surface area contributed by atoms with Crippen molar-refractivity contribution in [2.75, 3.05) is 0 Å². The third-order valence-corrected chi connectivity index (χ3v) is 11.0. The molecule has 0 aliphatic heterocycles. The van der Waals surface area contributed by atoms with E-state index in [1.165, 1.54) is 13.8 Å². The number of aliphatic hydroxyl groups excluding tert-OH is 1. The van der Waals surface area contributed by atoms with Gasteiger partial charge in [-0.3, -0.25) is 14.4 Å². The van der Waals surface area contributed by atoms with Gasteiger partial charge in [0.05, 0.1) is 5.60 Å². The zero-order chi connectivity index (χ0) is 26.4. The summed E-state index contributed by atoms with van der Waals surface area (Å²) in [5.74, 6) is 0.302. The van der Waals surface area contributed by atoms with Crippen molar-refractivity contribution in [2.45, 2.75) is 106 Å². The van der Waals surface area contributed by atoms with Crippen molar-refractivity contribution >= 4 is 17.3 Å². The minimum Gasteiger partial charge on any atom is -0.387 e. The van der Waals surface area contributed by atoms with Gasteiger partial charge in [-0.2, -0.15) is 0 Å². The molecule has 0 aromatic rings. The predicted molar refractivity (Wildman–Crippen MR) is 135 cm³/mol. The van der Waals surface area contributed by atoms with Crippen LogP contribution in [0, 0.1) is 39.4 Å². The molecule has 0 unspecified atom stereocenters. The summed E-state index contributed by atoms with van der Waals surface area (Å²) >= 11 is 0. The van der Waals surface area contributed by atoms with Gasteiger partial charge in [0, 0.05) is 35.7 Å². The predicted octanol–water partition coefficient (Wildman–Crippen LogP) is 4.99. The van der Waals surface area contributed by atoms with Crippen LogP contribution in [0.2, 0.25) is 0 Å².